The van der Waals surface area contributed by atoms with Gasteiger partial charge in [0.2, 0.25) is 17.0 Å². The van der Waals surface area contributed by atoms with Crippen LogP contribution in [0.2, 0.25) is 5.28 Å². The highest BCUT2D eigenvalue weighted by molar-refractivity contribution is 6.28. The van der Waals surface area contributed by atoms with Crippen molar-refractivity contribution in [3.63, 3.8) is 0 Å². The molecule has 1 fully saturated rings. The van der Waals surface area contributed by atoms with Gasteiger partial charge in [-0.15, -0.1) is 0 Å². The van der Waals surface area contributed by atoms with E-state index in [-0.39, 0.29) is 41.4 Å². The minimum absolute atomic E-state index is 0.0340. The molecule has 0 radical (unpaired) electrons. The van der Waals surface area contributed by atoms with Gasteiger partial charge in [-0.05, 0) is 31.4 Å². The molecule has 0 aromatic carbocycles. The molecule has 0 spiro atoms. The van der Waals surface area contributed by atoms with E-state index in [9.17, 15) is 14.9 Å². The second-order valence-electron chi connectivity index (χ2n) is 4.55. The molecule has 0 atom stereocenters. The van der Waals surface area contributed by atoms with Crippen molar-refractivity contribution in [1.82, 2.24) is 15.3 Å². The highest BCUT2D eigenvalue weighted by Gasteiger charge is 2.24. The number of hydrogen-bond acceptors (Lipinski definition) is 6. The van der Waals surface area contributed by atoms with E-state index in [1.807, 2.05) is 0 Å². The number of aryl methyl sites for hydroxylation is 1. The maximum absolute atomic E-state index is 11.5. The number of nitro groups is 1. The van der Waals surface area contributed by atoms with Crippen LogP contribution in [0.15, 0.2) is 0 Å². The number of rotatable bonds is 6. The second-order valence-corrected chi connectivity index (χ2v) is 4.89. The molecule has 1 aliphatic carbocycles. The summed E-state index contributed by atoms with van der Waals surface area (Å²) in [5.74, 6) is -0.0498. The molecular weight excluding hydrogens is 286 g/mol. The molecule has 9 heteroatoms. The molecule has 0 aliphatic heterocycles. The van der Waals surface area contributed by atoms with Crippen molar-refractivity contribution in [2.24, 2.45) is 0 Å². The van der Waals surface area contributed by atoms with Crippen LogP contribution in [0.3, 0.4) is 0 Å². The summed E-state index contributed by atoms with van der Waals surface area (Å²) in [4.78, 5) is 29.4. The summed E-state index contributed by atoms with van der Waals surface area (Å²) in [6.07, 6.45) is 2.25. The lowest BCUT2D eigenvalue weighted by atomic mass is 10.3. The standard InChI is InChI=1S/C11H14ClN5O3/c1-6-9(17(19)20)10(16-11(12)14-6)13-5-4-8(18)15-7-2-3-7/h7H,2-5H2,1H3,(H,15,18)(H,13,14,16). The van der Waals surface area contributed by atoms with Crippen LogP contribution in [0.25, 0.3) is 0 Å². The Balaban J connectivity index is 1.97. The van der Waals surface area contributed by atoms with E-state index in [0.29, 0.717) is 6.04 Å². The molecule has 2 rings (SSSR count). The van der Waals surface area contributed by atoms with Gasteiger partial charge in [0.15, 0.2) is 0 Å². The van der Waals surface area contributed by atoms with Crippen molar-refractivity contribution >= 4 is 29.0 Å². The number of nitrogens with one attached hydrogen (secondary N) is 2. The third-order valence-corrected chi connectivity index (χ3v) is 2.97. The monoisotopic (exact) mass is 299 g/mol. The normalized spacial score (nSPS) is 13.9. The summed E-state index contributed by atoms with van der Waals surface area (Å²) in [6.45, 7) is 1.73. The smallest absolute Gasteiger partial charge is 0.332 e. The molecule has 0 saturated heterocycles. The maximum atomic E-state index is 11.5. The second kappa shape index (κ2) is 6.00. The summed E-state index contributed by atoms with van der Waals surface area (Å²) < 4.78 is 0. The van der Waals surface area contributed by atoms with Crippen LogP contribution >= 0.6 is 11.6 Å². The lowest BCUT2D eigenvalue weighted by molar-refractivity contribution is -0.385. The van der Waals surface area contributed by atoms with E-state index in [2.05, 4.69) is 20.6 Å². The van der Waals surface area contributed by atoms with Crippen LogP contribution in [-0.4, -0.2) is 33.4 Å². The SMILES string of the molecule is Cc1nc(Cl)nc(NCCC(=O)NC2CC2)c1[N+](=O)[O-]. The van der Waals surface area contributed by atoms with Crippen molar-refractivity contribution in [3.05, 3.63) is 21.1 Å². The molecule has 8 nitrogen and oxygen atoms in total. The van der Waals surface area contributed by atoms with Gasteiger partial charge in [0, 0.05) is 19.0 Å². The summed E-state index contributed by atoms with van der Waals surface area (Å²) in [5, 5.41) is 16.5. The molecule has 1 amide bonds. The zero-order valence-corrected chi connectivity index (χ0v) is 11.6. The number of amides is 1. The van der Waals surface area contributed by atoms with Crippen molar-refractivity contribution in [3.8, 4) is 0 Å². The van der Waals surface area contributed by atoms with Gasteiger partial charge < -0.3 is 10.6 Å². The van der Waals surface area contributed by atoms with Crippen molar-refractivity contribution in [2.45, 2.75) is 32.2 Å². The van der Waals surface area contributed by atoms with Crippen LogP contribution in [0, 0.1) is 17.0 Å². The number of carbonyl (C=O) groups excluding carboxylic acids is 1. The molecule has 2 N–H and O–H groups in total. The zero-order chi connectivity index (χ0) is 14.7. The van der Waals surface area contributed by atoms with E-state index in [1.165, 1.54) is 6.92 Å². The third-order valence-electron chi connectivity index (χ3n) is 2.80. The number of halogens is 1. The Morgan fingerprint density at radius 1 is 1.50 bits per heavy atom. The Morgan fingerprint density at radius 3 is 2.80 bits per heavy atom. The maximum Gasteiger partial charge on any atom is 0.332 e. The van der Waals surface area contributed by atoms with E-state index in [0.717, 1.165) is 12.8 Å². The number of nitrogens with zero attached hydrogens (tertiary/aromatic N) is 3. The third kappa shape index (κ3) is 3.77. The van der Waals surface area contributed by atoms with Gasteiger partial charge in [0.25, 0.3) is 0 Å². The number of anilines is 1. The first-order valence-electron chi connectivity index (χ1n) is 6.19. The van der Waals surface area contributed by atoms with Gasteiger partial charge >= 0.3 is 5.69 Å². The Hall–Kier alpha value is -1.96. The molecule has 1 aliphatic rings. The first kappa shape index (κ1) is 14.4. The van der Waals surface area contributed by atoms with E-state index in [1.54, 1.807) is 0 Å². The quantitative estimate of drug-likeness (QED) is 0.467. The van der Waals surface area contributed by atoms with Crippen LogP contribution in [0.1, 0.15) is 25.0 Å². The highest BCUT2D eigenvalue weighted by atomic mass is 35.5. The van der Waals surface area contributed by atoms with Crippen LogP contribution in [0.4, 0.5) is 11.5 Å². The Bertz CT molecular complexity index is 547. The van der Waals surface area contributed by atoms with Crippen molar-refractivity contribution in [1.29, 1.82) is 0 Å². The van der Waals surface area contributed by atoms with E-state index < -0.39 is 4.92 Å². The topological polar surface area (TPSA) is 110 Å². The summed E-state index contributed by atoms with van der Waals surface area (Å²) in [5.41, 5.74) is -0.0445. The molecule has 1 aromatic heterocycles. The number of aromatic nitrogens is 2. The fourth-order valence-electron chi connectivity index (χ4n) is 1.70. The van der Waals surface area contributed by atoms with Gasteiger partial charge in [-0.25, -0.2) is 4.98 Å². The number of carbonyl (C=O) groups is 1. The van der Waals surface area contributed by atoms with Gasteiger partial charge in [-0.2, -0.15) is 4.98 Å². The largest absolute Gasteiger partial charge is 0.364 e. The van der Waals surface area contributed by atoms with Gasteiger partial charge in [-0.1, -0.05) is 0 Å². The molecule has 0 bridgehead atoms. The predicted molar refractivity (Wildman–Crippen MR) is 72.7 cm³/mol. The van der Waals surface area contributed by atoms with Crippen LogP contribution < -0.4 is 10.6 Å². The van der Waals surface area contributed by atoms with Gasteiger partial charge in [0.1, 0.15) is 5.69 Å². The zero-order valence-electron chi connectivity index (χ0n) is 10.9. The molecule has 1 saturated carbocycles. The van der Waals surface area contributed by atoms with Gasteiger partial charge in [0.05, 0.1) is 4.92 Å². The number of hydrogen-bond donors (Lipinski definition) is 2. The minimum atomic E-state index is -0.571. The first-order chi connectivity index (χ1) is 9.47. The van der Waals surface area contributed by atoms with Crippen molar-refractivity contribution in [2.75, 3.05) is 11.9 Å². The average molecular weight is 300 g/mol. The molecule has 1 heterocycles. The Labute approximate surface area is 120 Å². The Morgan fingerprint density at radius 2 is 2.20 bits per heavy atom. The van der Waals surface area contributed by atoms with Crippen LogP contribution in [-0.2, 0) is 4.79 Å². The molecule has 20 heavy (non-hydrogen) atoms. The fourth-order valence-corrected chi connectivity index (χ4v) is 1.91. The lowest BCUT2D eigenvalue weighted by Gasteiger charge is -2.08. The minimum Gasteiger partial charge on any atom is -0.364 e. The lowest BCUT2D eigenvalue weighted by Crippen LogP contribution is -2.27. The predicted octanol–water partition coefficient (Wildman–Crippen LogP) is 1.43. The van der Waals surface area contributed by atoms with E-state index >= 15 is 0 Å². The fraction of sp³-hybridized carbons (Fsp3) is 0.545. The molecule has 1 aromatic rings. The van der Waals surface area contributed by atoms with Crippen molar-refractivity contribution < 1.29 is 9.72 Å². The first-order valence-corrected chi connectivity index (χ1v) is 6.57. The summed E-state index contributed by atoms with van der Waals surface area (Å²) in [7, 11) is 0. The Kier molecular flexibility index (Phi) is 4.33. The van der Waals surface area contributed by atoms with E-state index in [4.69, 9.17) is 11.6 Å². The average Bonchev–Trinajstić information content (AvgIpc) is 3.11. The molecule has 108 valence electrons. The summed E-state index contributed by atoms with van der Waals surface area (Å²) >= 11 is 5.68. The highest BCUT2D eigenvalue weighted by Crippen LogP contribution is 2.26. The van der Waals surface area contributed by atoms with Gasteiger partial charge in [-0.3, -0.25) is 14.9 Å². The van der Waals surface area contributed by atoms with Crippen LogP contribution in [0.5, 0.6) is 0 Å². The molecular formula is C11H14ClN5O3. The molecule has 0 unspecified atom stereocenters. The summed E-state index contributed by atoms with van der Waals surface area (Å²) in [6, 6.07) is 0.299.